The molecule has 1 rings (SSSR count). The SMILES string of the molecule is CCC[C@]1(O)CCCC[C@H]1O. The molecule has 1 saturated carbocycles. The number of hydrogen-bond acceptors (Lipinski definition) is 2. The molecular formula is C9H18O2. The third-order valence-corrected chi connectivity index (χ3v) is 2.64. The van der Waals surface area contributed by atoms with Gasteiger partial charge in [0.2, 0.25) is 0 Å². The molecule has 0 aliphatic heterocycles. The molecule has 0 amide bonds. The second-order valence-corrected chi connectivity index (χ2v) is 3.62. The molecule has 0 bridgehead atoms. The summed E-state index contributed by atoms with van der Waals surface area (Å²) in [6, 6.07) is 0. The molecule has 2 N–H and O–H groups in total. The van der Waals surface area contributed by atoms with Crippen LogP contribution in [-0.4, -0.2) is 21.9 Å². The molecule has 0 spiro atoms. The molecule has 1 fully saturated rings. The lowest BCUT2D eigenvalue weighted by molar-refractivity contribution is -0.105. The highest BCUT2D eigenvalue weighted by molar-refractivity contribution is 4.89. The molecule has 2 heteroatoms. The summed E-state index contributed by atoms with van der Waals surface area (Å²) in [5.41, 5.74) is -0.757. The monoisotopic (exact) mass is 158 g/mol. The van der Waals surface area contributed by atoms with Crippen molar-refractivity contribution in [2.75, 3.05) is 0 Å². The van der Waals surface area contributed by atoms with Crippen LogP contribution in [0.1, 0.15) is 45.4 Å². The van der Waals surface area contributed by atoms with E-state index in [1.165, 1.54) is 0 Å². The standard InChI is InChI=1S/C9H18O2/c1-2-6-9(11)7-4-3-5-8(9)10/h8,10-11H,2-7H2,1H3/t8-,9+/m1/s1. The zero-order chi connectivity index (χ0) is 8.32. The first-order valence-corrected chi connectivity index (χ1v) is 4.59. The van der Waals surface area contributed by atoms with Gasteiger partial charge in [0.1, 0.15) is 0 Å². The number of aliphatic hydroxyl groups excluding tert-OH is 1. The summed E-state index contributed by atoms with van der Waals surface area (Å²) in [4.78, 5) is 0. The van der Waals surface area contributed by atoms with Gasteiger partial charge in [-0.1, -0.05) is 26.2 Å². The Balaban J connectivity index is 2.49. The predicted molar refractivity (Wildman–Crippen MR) is 44.3 cm³/mol. The quantitative estimate of drug-likeness (QED) is 0.638. The van der Waals surface area contributed by atoms with Crippen LogP contribution >= 0.6 is 0 Å². The van der Waals surface area contributed by atoms with E-state index >= 15 is 0 Å². The zero-order valence-corrected chi connectivity index (χ0v) is 7.21. The maximum absolute atomic E-state index is 9.89. The van der Waals surface area contributed by atoms with Crippen molar-refractivity contribution in [2.45, 2.75) is 57.2 Å². The average Bonchev–Trinajstić information content (AvgIpc) is 1.96. The van der Waals surface area contributed by atoms with Crippen LogP contribution in [0.5, 0.6) is 0 Å². The fourth-order valence-electron chi connectivity index (χ4n) is 1.93. The van der Waals surface area contributed by atoms with E-state index in [1.807, 2.05) is 6.92 Å². The van der Waals surface area contributed by atoms with Gasteiger partial charge in [-0.25, -0.2) is 0 Å². The lowest BCUT2D eigenvalue weighted by Crippen LogP contribution is -2.44. The van der Waals surface area contributed by atoms with Gasteiger partial charge in [-0.3, -0.25) is 0 Å². The van der Waals surface area contributed by atoms with E-state index in [0.717, 1.165) is 38.5 Å². The van der Waals surface area contributed by atoms with E-state index in [2.05, 4.69) is 0 Å². The molecular weight excluding hydrogens is 140 g/mol. The second-order valence-electron chi connectivity index (χ2n) is 3.62. The Kier molecular flexibility index (Phi) is 2.90. The van der Waals surface area contributed by atoms with E-state index in [0.29, 0.717) is 0 Å². The van der Waals surface area contributed by atoms with Crippen LogP contribution in [0.15, 0.2) is 0 Å². The fourth-order valence-corrected chi connectivity index (χ4v) is 1.93. The van der Waals surface area contributed by atoms with Crippen LogP contribution in [0.2, 0.25) is 0 Å². The van der Waals surface area contributed by atoms with Gasteiger partial charge in [0.25, 0.3) is 0 Å². The summed E-state index contributed by atoms with van der Waals surface area (Å²) in [7, 11) is 0. The Bertz CT molecular complexity index is 121. The van der Waals surface area contributed by atoms with Crippen LogP contribution in [0.4, 0.5) is 0 Å². The molecule has 2 atom stereocenters. The van der Waals surface area contributed by atoms with Gasteiger partial charge in [-0.2, -0.15) is 0 Å². The van der Waals surface area contributed by atoms with E-state index in [4.69, 9.17) is 0 Å². The largest absolute Gasteiger partial charge is 0.390 e. The highest BCUT2D eigenvalue weighted by Crippen LogP contribution is 2.31. The smallest absolute Gasteiger partial charge is 0.0905 e. The molecule has 66 valence electrons. The maximum atomic E-state index is 9.89. The molecule has 2 nitrogen and oxygen atoms in total. The minimum atomic E-state index is -0.757. The van der Waals surface area contributed by atoms with Crippen molar-refractivity contribution in [3.63, 3.8) is 0 Å². The molecule has 0 saturated heterocycles. The van der Waals surface area contributed by atoms with Gasteiger partial charge < -0.3 is 10.2 Å². The van der Waals surface area contributed by atoms with Crippen LogP contribution in [0.3, 0.4) is 0 Å². The summed E-state index contributed by atoms with van der Waals surface area (Å²) in [6.45, 7) is 2.04. The summed E-state index contributed by atoms with van der Waals surface area (Å²) in [5, 5.41) is 19.4. The normalized spacial score (nSPS) is 39.0. The molecule has 0 aromatic carbocycles. The van der Waals surface area contributed by atoms with Crippen LogP contribution < -0.4 is 0 Å². The highest BCUT2D eigenvalue weighted by atomic mass is 16.3. The van der Waals surface area contributed by atoms with Crippen molar-refractivity contribution in [3.05, 3.63) is 0 Å². The average molecular weight is 158 g/mol. The fraction of sp³-hybridized carbons (Fsp3) is 1.00. The molecule has 1 aliphatic rings. The summed E-state index contributed by atoms with van der Waals surface area (Å²) < 4.78 is 0. The first-order valence-electron chi connectivity index (χ1n) is 4.59. The second kappa shape index (κ2) is 3.55. The number of rotatable bonds is 2. The summed E-state index contributed by atoms with van der Waals surface area (Å²) in [6.07, 6.45) is 4.90. The minimum absolute atomic E-state index is 0.476. The van der Waals surface area contributed by atoms with Gasteiger partial charge in [0, 0.05) is 0 Å². The van der Waals surface area contributed by atoms with Crippen LogP contribution in [0.25, 0.3) is 0 Å². The van der Waals surface area contributed by atoms with Crippen LogP contribution in [0, 0.1) is 0 Å². The molecule has 11 heavy (non-hydrogen) atoms. The lowest BCUT2D eigenvalue weighted by Gasteiger charge is -2.36. The van der Waals surface area contributed by atoms with E-state index in [1.54, 1.807) is 0 Å². The van der Waals surface area contributed by atoms with Gasteiger partial charge in [0.15, 0.2) is 0 Å². The highest BCUT2D eigenvalue weighted by Gasteiger charge is 2.36. The van der Waals surface area contributed by atoms with Crippen molar-refractivity contribution in [1.29, 1.82) is 0 Å². The third kappa shape index (κ3) is 1.94. The zero-order valence-electron chi connectivity index (χ0n) is 7.21. The van der Waals surface area contributed by atoms with Crippen molar-refractivity contribution in [3.8, 4) is 0 Å². The first-order chi connectivity index (χ1) is 5.19. The molecule has 0 radical (unpaired) electrons. The minimum Gasteiger partial charge on any atom is -0.390 e. The molecule has 0 aromatic rings. The summed E-state index contributed by atoms with van der Waals surface area (Å²) in [5.74, 6) is 0. The van der Waals surface area contributed by atoms with Crippen molar-refractivity contribution >= 4 is 0 Å². The Morgan fingerprint density at radius 3 is 2.73 bits per heavy atom. The van der Waals surface area contributed by atoms with Crippen LogP contribution in [-0.2, 0) is 0 Å². The van der Waals surface area contributed by atoms with Gasteiger partial charge in [-0.15, -0.1) is 0 Å². The number of aliphatic hydroxyl groups is 2. The Morgan fingerprint density at radius 2 is 2.18 bits per heavy atom. The van der Waals surface area contributed by atoms with Gasteiger partial charge in [-0.05, 0) is 19.3 Å². The lowest BCUT2D eigenvalue weighted by atomic mass is 9.79. The van der Waals surface area contributed by atoms with E-state index in [9.17, 15) is 10.2 Å². The third-order valence-electron chi connectivity index (χ3n) is 2.64. The van der Waals surface area contributed by atoms with E-state index < -0.39 is 11.7 Å². The first kappa shape index (κ1) is 9.01. The van der Waals surface area contributed by atoms with Gasteiger partial charge in [0.05, 0.1) is 11.7 Å². The Hall–Kier alpha value is -0.0800. The van der Waals surface area contributed by atoms with E-state index in [-0.39, 0.29) is 0 Å². The number of hydrogen-bond donors (Lipinski definition) is 2. The molecule has 0 unspecified atom stereocenters. The molecule has 0 heterocycles. The summed E-state index contributed by atoms with van der Waals surface area (Å²) >= 11 is 0. The Morgan fingerprint density at radius 1 is 1.45 bits per heavy atom. The predicted octanol–water partition coefficient (Wildman–Crippen LogP) is 1.45. The Labute approximate surface area is 68.2 Å². The molecule has 0 aromatic heterocycles. The van der Waals surface area contributed by atoms with Crippen molar-refractivity contribution in [2.24, 2.45) is 0 Å². The van der Waals surface area contributed by atoms with Crippen molar-refractivity contribution in [1.82, 2.24) is 0 Å². The van der Waals surface area contributed by atoms with Gasteiger partial charge >= 0.3 is 0 Å². The molecule has 1 aliphatic carbocycles. The maximum Gasteiger partial charge on any atom is 0.0905 e. The van der Waals surface area contributed by atoms with Crippen molar-refractivity contribution < 1.29 is 10.2 Å². The topological polar surface area (TPSA) is 40.5 Å².